The highest BCUT2D eigenvalue weighted by Gasteiger charge is 2.11. The van der Waals surface area contributed by atoms with Crippen LogP contribution in [0.3, 0.4) is 0 Å². The van der Waals surface area contributed by atoms with Crippen molar-refractivity contribution in [1.82, 2.24) is 5.32 Å². The molecule has 0 spiro atoms. The van der Waals surface area contributed by atoms with Crippen LogP contribution < -0.4 is 21.5 Å². The number of amides is 2. The van der Waals surface area contributed by atoms with Crippen molar-refractivity contribution in [3.8, 4) is 5.75 Å². The minimum atomic E-state index is -0.398. The summed E-state index contributed by atoms with van der Waals surface area (Å²) in [7, 11) is 0. The van der Waals surface area contributed by atoms with Gasteiger partial charge in [0.2, 0.25) is 6.41 Å². The predicted octanol–water partition coefficient (Wildman–Crippen LogP) is 6.76. The zero-order valence-corrected chi connectivity index (χ0v) is 23.4. The molecule has 2 aromatic carbocycles. The maximum Gasteiger partial charge on any atom is 0.252 e. The number of halogens is 1. The molecule has 0 heterocycles. The summed E-state index contributed by atoms with van der Waals surface area (Å²) in [5.41, 5.74) is 13.9. The zero-order valence-electron chi connectivity index (χ0n) is 23.4. The fourth-order valence-electron chi connectivity index (χ4n) is 2.70. The van der Waals surface area contributed by atoms with E-state index in [2.05, 4.69) is 29.4 Å². The minimum Gasteiger partial charge on any atom is -0.491 e. The Morgan fingerprint density at radius 2 is 1.84 bits per heavy atom. The molecule has 5 N–H and O–H groups in total. The fourth-order valence-corrected chi connectivity index (χ4v) is 2.70. The average Bonchev–Trinajstić information content (AvgIpc) is 2.91. The van der Waals surface area contributed by atoms with E-state index < -0.39 is 5.92 Å². The second kappa shape index (κ2) is 22.8. The highest BCUT2D eigenvalue weighted by atomic mass is 19.1. The number of anilines is 1. The van der Waals surface area contributed by atoms with E-state index in [0.717, 1.165) is 18.4 Å². The minimum absolute atomic E-state index is 0. The third-order valence-corrected chi connectivity index (χ3v) is 4.36. The Morgan fingerprint density at radius 1 is 1.16 bits per heavy atom. The zero-order chi connectivity index (χ0) is 28.6. The molecule has 0 saturated heterocycles. The number of carbonyl (C=O) groups is 2. The quantitative estimate of drug-likeness (QED) is 0.137. The number of rotatable bonds is 10. The number of aliphatic imine (C=N–C) groups is 1. The largest absolute Gasteiger partial charge is 0.491 e. The summed E-state index contributed by atoms with van der Waals surface area (Å²) < 4.78 is 17.7. The Bertz CT molecular complexity index is 981. The molecule has 2 rings (SSSR count). The van der Waals surface area contributed by atoms with E-state index in [9.17, 15) is 14.0 Å². The van der Waals surface area contributed by atoms with Crippen molar-refractivity contribution >= 4 is 29.9 Å². The van der Waals surface area contributed by atoms with Gasteiger partial charge in [-0.05, 0) is 42.7 Å². The molecule has 0 aliphatic rings. The normalized spacial score (nSPS) is 11.0. The van der Waals surface area contributed by atoms with E-state index >= 15 is 0 Å². The maximum atomic E-state index is 12.8. The van der Waals surface area contributed by atoms with Gasteiger partial charge < -0.3 is 21.5 Å². The summed E-state index contributed by atoms with van der Waals surface area (Å²) in [6.45, 7) is 14.3. The molecular formula is C29H53FN4O3. The van der Waals surface area contributed by atoms with E-state index in [4.69, 9.17) is 16.2 Å². The number of nitrogens with two attached hydrogens (primary N) is 2. The molecule has 0 unspecified atom stereocenters. The van der Waals surface area contributed by atoms with Crippen LogP contribution in [0.15, 0.2) is 53.5 Å². The first-order valence-electron chi connectivity index (χ1n) is 12.8. The standard InChI is InChI=1S/C17H23N3O2.C8H10FNO.2C2H6.4H2/c1-3-5-14-6-4-7-15(10-14)8-9-16(18)20-17(22)13(2)11-19-12-21;1-2-11-8-5-6(10)3-4-7(8)9;2*1-2;;;;/h4,6-10,12-13H,3,5,11H2,1-2H3,(H,19,21)(H2,18,20,22);3-5H,2,10H2,1H3;2*1-2H3;4*1H/b9-8+;;;;;;;/t13-;;;;;;;/m0......./s1. The molecule has 1 atom stereocenters. The van der Waals surface area contributed by atoms with E-state index in [1.54, 1.807) is 19.9 Å². The van der Waals surface area contributed by atoms with Crippen LogP contribution >= 0.6 is 0 Å². The van der Waals surface area contributed by atoms with Crippen LogP contribution in [-0.4, -0.2) is 31.3 Å². The maximum absolute atomic E-state index is 12.8. The summed E-state index contributed by atoms with van der Waals surface area (Å²) in [5, 5.41) is 2.45. The van der Waals surface area contributed by atoms with Crippen LogP contribution in [0.25, 0.3) is 6.08 Å². The highest BCUT2D eigenvalue weighted by molar-refractivity contribution is 6.02. The second-order valence-electron chi connectivity index (χ2n) is 7.25. The first kappa shape index (κ1) is 35.5. The number of hydrogen-bond acceptors (Lipinski definition) is 4. The molecule has 0 aromatic heterocycles. The Hall–Kier alpha value is -3.68. The Morgan fingerprint density at radius 3 is 2.43 bits per heavy atom. The van der Waals surface area contributed by atoms with E-state index in [-0.39, 0.29) is 35.6 Å². The SMILES string of the molecule is CC.CC.CCCc1cccc(/C=C/C(N)=NC(=O)[C@@H](C)CNC=O)c1.CCOc1cc(N)ccc1F.[HH].[HH].[HH].[HH]. The Balaban J connectivity index is -0.000000138. The molecule has 0 saturated carbocycles. The van der Waals surface area contributed by atoms with Gasteiger partial charge in [-0.25, -0.2) is 4.39 Å². The van der Waals surface area contributed by atoms with Crippen LogP contribution in [0, 0.1) is 11.7 Å². The highest BCUT2D eigenvalue weighted by Crippen LogP contribution is 2.19. The van der Waals surface area contributed by atoms with Crippen LogP contribution in [-0.2, 0) is 16.0 Å². The van der Waals surface area contributed by atoms with Gasteiger partial charge in [0.1, 0.15) is 5.84 Å². The average molecular weight is 525 g/mol. The topological polar surface area (TPSA) is 120 Å². The first-order chi connectivity index (χ1) is 17.8. The van der Waals surface area contributed by atoms with Crippen molar-refractivity contribution in [1.29, 1.82) is 0 Å². The lowest BCUT2D eigenvalue weighted by Gasteiger charge is -2.05. The molecule has 0 aliphatic heterocycles. The lowest BCUT2D eigenvalue weighted by molar-refractivity contribution is -0.121. The number of aryl methyl sites for hydroxylation is 1. The number of nitrogens with one attached hydrogen (secondary N) is 1. The smallest absolute Gasteiger partial charge is 0.252 e. The van der Waals surface area contributed by atoms with E-state index in [1.807, 2.05) is 45.9 Å². The Kier molecular flexibility index (Phi) is 21.8. The van der Waals surface area contributed by atoms with Crippen LogP contribution in [0.4, 0.5) is 10.1 Å². The summed E-state index contributed by atoms with van der Waals surface area (Å²) >= 11 is 0. The molecule has 0 fully saturated rings. The summed E-state index contributed by atoms with van der Waals surface area (Å²) in [6.07, 6.45) is 6.13. The second-order valence-corrected chi connectivity index (χ2v) is 7.25. The number of ether oxygens (including phenoxy) is 1. The third-order valence-electron chi connectivity index (χ3n) is 4.36. The van der Waals surface area contributed by atoms with Crippen molar-refractivity contribution in [3.05, 3.63) is 65.5 Å². The number of benzene rings is 2. The molecule has 0 radical (unpaired) electrons. The van der Waals surface area contributed by atoms with Gasteiger partial charge in [-0.15, -0.1) is 0 Å². The van der Waals surface area contributed by atoms with Gasteiger partial charge in [0.15, 0.2) is 11.6 Å². The van der Waals surface area contributed by atoms with Gasteiger partial charge in [0.25, 0.3) is 5.91 Å². The van der Waals surface area contributed by atoms with Gasteiger partial charge in [-0.1, -0.05) is 78.3 Å². The molecule has 0 bridgehead atoms. The van der Waals surface area contributed by atoms with Crippen molar-refractivity contribution in [2.45, 2.75) is 61.3 Å². The number of carbonyl (C=O) groups excluding carboxylic acids is 2. The fraction of sp³-hybridized carbons (Fsp3) is 0.414. The van der Waals surface area contributed by atoms with Gasteiger partial charge in [-0.3, -0.25) is 9.59 Å². The van der Waals surface area contributed by atoms with E-state index in [0.29, 0.717) is 18.7 Å². The summed E-state index contributed by atoms with van der Waals surface area (Å²) in [5.74, 6) is -0.751. The molecule has 214 valence electrons. The predicted molar refractivity (Wildman–Crippen MR) is 162 cm³/mol. The van der Waals surface area contributed by atoms with Crippen LogP contribution in [0.2, 0.25) is 0 Å². The van der Waals surface area contributed by atoms with Crippen molar-refractivity contribution in [2.24, 2.45) is 16.6 Å². The monoisotopic (exact) mass is 524 g/mol. The third kappa shape index (κ3) is 16.6. The molecule has 7 nitrogen and oxygen atoms in total. The van der Waals surface area contributed by atoms with Crippen molar-refractivity contribution < 1.29 is 24.4 Å². The van der Waals surface area contributed by atoms with Gasteiger partial charge in [0, 0.05) is 24.0 Å². The lowest BCUT2D eigenvalue weighted by Crippen LogP contribution is -2.25. The van der Waals surface area contributed by atoms with Crippen molar-refractivity contribution in [2.75, 3.05) is 18.9 Å². The number of hydrogen-bond donors (Lipinski definition) is 3. The van der Waals surface area contributed by atoms with E-state index in [1.165, 1.54) is 23.8 Å². The molecule has 37 heavy (non-hydrogen) atoms. The van der Waals surface area contributed by atoms with Gasteiger partial charge in [0.05, 0.1) is 12.5 Å². The first-order valence-corrected chi connectivity index (χ1v) is 12.8. The molecule has 0 aliphatic carbocycles. The molecule has 2 aromatic rings. The number of nitrogens with zero attached hydrogens (tertiary/aromatic N) is 1. The van der Waals surface area contributed by atoms with Crippen molar-refractivity contribution in [3.63, 3.8) is 0 Å². The van der Waals surface area contributed by atoms with Gasteiger partial charge in [-0.2, -0.15) is 4.99 Å². The summed E-state index contributed by atoms with van der Waals surface area (Å²) in [4.78, 5) is 25.8. The Labute approximate surface area is 228 Å². The van der Waals surface area contributed by atoms with Crippen LogP contribution in [0.5, 0.6) is 5.75 Å². The number of amidine groups is 1. The molecular weight excluding hydrogens is 471 g/mol. The number of nitrogen functional groups attached to an aromatic ring is 1. The van der Waals surface area contributed by atoms with Crippen LogP contribution in [0.1, 0.15) is 71.7 Å². The molecule has 2 amide bonds. The summed E-state index contributed by atoms with van der Waals surface area (Å²) in [6, 6.07) is 12.4. The molecule has 8 heteroatoms. The lowest BCUT2D eigenvalue weighted by atomic mass is 10.1. The van der Waals surface area contributed by atoms with Gasteiger partial charge >= 0.3 is 0 Å².